The third-order valence-corrected chi connectivity index (χ3v) is 5.65. The lowest BCUT2D eigenvalue weighted by atomic mass is 10.2. The van der Waals surface area contributed by atoms with Crippen LogP contribution in [0.25, 0.3) is 0 Å². The van der Waals surface area contributed by atoms with Crippen molar-refractivity contribution in [1.82, 2.24) is 14.6 Å². The maximum absolute atomic E-state index is 12.3. The summed E-state index contributed by atoms with van der Waals surface area (Å²) in [6.45, 7) is 2.53. The fourth-order valence-electron chi connectivity index (χ4n) is 2.97. The number of ether oxygens (including phenoxy) is 1. The molecule has 0 spiro atoms. The monoisotopic (exact) mass is 295 g/mol. The molecule has 3 aliphatic rings. The molecule has 108 valence electrons. The number of nitrogens with one attached hydrogen (secondary N) is 1. The Morgan fingerprint density at radius 3 is 3.05 bits per heavy atom. The van der Waals surface area contributed by atoms with Crippen LogP contribution in [0.4, 0.5) is 0 Å². The van der Waals surface area contributed by atoms with Crippen molar-refractivity contribution in [3.63, 3.8) is 0 Å². The van der Waals surface area contributed by atoms with E-state index in [1.165, 1.54) is 18.9 Å². The molecule has 2 unspecified atom stereocenters. The van der Waals surface area contributed by atoms with Gasteiger partial charge in [0.2, 0.25) is 15.9 Å². The number of likely N-dealkylation sites (tertiary alicyclic amines) is 1. The second kappa shape index (κ2) is 4.41. The molecule has 1 N–H and O–H groups in total. The van der Waals surface area contributed by atoms with Crippen molar-refractivity contribution in [2.75, 3.05) is 19.6 Å². The molecule has 0 bridgehead atoms. The minimum Gasteiger partial charge on any atom is -0.470 e. The molecule has 1 aromatic rings. The van der Waals surface area contributed by atoms with Gasteiger partial charge in [0.1, 0.15) is 11.0 Å². The summed E-state index contributed by atoms with van der Waals surface area (Å²) in [5, 5.41) is 0. The molecule has 1 aliphatic carbocycles. The Kier molecular flexibility index (Phi) is 2.77. The Morgan fingerprint density at radius 1 is 1.40 bits per heavy atom. The molecule has 0 amide bonds. The lowest BCUT2D eigenvalue weighted by Gasteiger charge is -2.15. The Hall–Kier alpha value is -1.18. The number of rotatable bonds is 2. The smallest absolute Gasteiger partial charge is 0.246 e. The highest BCUT2D eigenvalue weighted by atomic mass is 32.2. The van der Waals surface area contributed by atoms with E-state index in [1.54, 1.807) is 12.3 Å². The van der Waals surface area contributed by atoms with Crippen LogP contribution in [0.1, 0.15) is 12.8 Å². The first-order valence-electron chi connectivity index (χ1n) is 6.98. The second-order valence-corrected chi connectivity index (χ2v) is 7.54. The van der Waals surface area contributed by atoms with Crippen LogP contribution >= 0.6 is 0 Å². The van der Waals surface area contributed by atoms with Gasteiger partial charge >= 0.3 is 0 Å². The van der Waals surface area contributed by atoms with Crippen LogP contribution < -0.4 is 9.46 Å². The first-order chi connectivity index (χ1) is 9.62. The van der Waals surface area contributed by atoms with Gasteiger partial charge in [-0.3, -0.25) is 4.90 Å². The summed E-state index contributed by atoms with van der Waals surface area (Å²) in [6, 6.07) is 2.96. The van der Waals surface area contributed by atoms with Gasteiger partial charge in [-0.25, -0.2) is 18.1 Å². The zero-order chi connectivity index (χ0) is 13.7. The maximum atomic E-state index is 12.3. The van der Waals surface area contributed by atoms with Crippen LogP contribution in [-0.2, 0) is 10.0 Å². The van der Waals surface area contributed by atoms with Gasteiger partial charge in [0.05, 0.1) is 6.04 Å². The number of hydrogen-bond acceptors (Lipinski definition) is 5. The summed E-state index contributed by atoms with van der Waals surface area (Å²) in [5.41, 5.74) is 0. The number of nitrogens with zero attached hydrogens (tertiary/aromatic N) is 2. The minimum atomic E-state index is -3.53. The van der Waals surface area contributed by atoms with Gasteiger partial charge in [-0.2, -0.15) is 0 Å². The summed E-state index contributed by atoms with van der Waals surface area (Å²) in [5.74, 6) is 1.01. The van der Waals surface area contributed by atoms with Gasteiger partial charge in [0.15, 0.2) is 0 Å². The highest BCUT2D eigenvalue weighted by Gasteiger charge is 2.42. The molecule has 2 fully saturated rings. The first-order valence-corrected chi connectivity index (χ1v) is 8.46. The van der Waals surface area contributed by atoms with Gasteiger partial charge in [-0.05, 0) is 30.9 Å². The Balaban J connectivity index is 1.62. The molecule has 1 aromatic heterocycles. The van der Waals surface area contributed by atoms with Crippen molar-refractivity contribution >= 4 is 10.0 Å². The van der Waals surface area contributed by atoms with Crippen molar-refractivity contribution in [1.29, 1.82) is 0 Å². The van der Waals surface area contributed by atoms with Crippen LogP contribution in [0.2, 0.25) is 0 Å². The molecule has 0 radical (unpaired) electrons. The van der Waals surface area contributed by atoms with Gasteiger partial charge in [-0.15, -0.1) is 0 Å². The Morgan fingerprint density at radius 2 is 2.25 bits per heavy atom. The lowest BCUT2D eigenvalue weighted by molar-refractivity contribution is 0.177. The van der Waals surface area contributed by atoms with E-state index >= 15 is 0 Å². The highest BCUT2D eigenvalue weighted by Crippen LogP contribution is 2.33. The van der Waals surface area contributed by atoms with Crippen LogP contribution in [0.3, 0.4) is 0 Å². The molecule has 3 heterocycles. The van der Waals surface area contributed by atoms with Crippen molar-refractivity contribution in [2.24, 2.45) is 5.92 Å². The van der Waals surface area contributed by atoms with Crippen molar-refractivity contribution in [3.8, 4) is 5.88 Å². The predicted octanol–water partition coefficient (Wildman–Crippen LogP) is 0.215. The zero-order valence-corrected chi connectivity index (χ0v) is 11.8. The molecular weight excluding hydrogens is 278 g/mol. The average molecular weight is 295 g/mol. The normalized spacial score (nSPS) is 32.0. The maximum Gasteiger partial charge on any atom is 0.246 e. The van der Waals surface area contributed by atoms with Crippen LogP contribution in [0.5, 0.6) is 5.88 Å². The van der Waals surface area contributed by atoms with Crippen molar-refractivity contribution in [3.05, 3.63) is 18.3 Å². The summed E-state index contributed by atoms with van der Waals surface area (Å²) in [4.78, 5) is 6.51. The third-order valence-electron chi connectivity index (χ3n) is 4.15. The van der Waals surface area contributed by atoms with Crippen LogP contribution in [-0.4, -0.2) is 50.1 Å². The summed E-state index contributed by atoms with van der Waals surface area (Å²) < 4.78 is 33.3. The number of fused-ring (bicyclic) bond motifs is 2. The van der Waals surface area contributed by atoms with E-state index in [-0.39, 0.29) is 22.9 Å². The Bertz CT molecular complexity index is 630. The average Bonchev–Trinajstić information content (AvgIpc) is 3.15. The van der Waals surface area contributed by atoms with E-state index in [9.17, 15) is 8.42 Å². The number of pyridine rings is 1. The molecule has 1 saturated carbocycles. The Labute approximate surface area is 118 Å². The first kappa shape index (κ1) is 12.6. The standard InChI is InChI=1S/C13H17N3O3S/c17-20(18)12-2-1-5-14-13(12)19-11-8-16(6-9-3-4-9)7-10(11)15-20/h1-2,5,9-11,15H,3-4,6-8H2. The molecule has 4 rings (SSSR count). The largest absolute Gasteiger partial charge is 0.470 e. The molecule has 2 aliphatic heterocycles. The SMILES string of the molecule is O=S1(=O)NC2CN(CC3CC3)CC2Oc2ncccc21. The van der Waals surface area contributed by atoms with Crippen LogP contribution in [0, 0.1) is 5.92 Å². The van der Waals surface area contributed by atoms with E-state index in [2.05, 4.69) is 14.6 Å². The predicted molar refractivity (Wildman–Crippen MR) is 71.9 cm³/mol. The van der Waals surface area contributed by atoms with Gasteiger partial charge in [-0.1, -0.05) is 0 Å². The zero-order valence-electron chi connectivity index (χ0n) is 11.0. The second-order valence-electron chi connectivity index (χ2n) is 5.85. The van der Waals surface area contributed by atoms with Crippen molar-refractivity contribution in [2.45, 2.75) is 29.9 Å². The van der Waals surface area contributed by atoms with Crippen molar-refractivity contribution < 1.29 is 13.2 Å². The fraction of sp³-hybridized carbons (Fsp3) is 0.615. The van der Waals surface area contributed by atoms with E-state index < -0.39 is 10.0 Å². The number of hydrogen-bond donors (Lipinski definition) is 1. The molecule has 7 heteroatoms. The molecule has 6 nitrogen and oxygen atoms in total. The lowest BCUT2D eigenvalue weighted by Crippen LogP contribution is -2.42. The third kappa shape index (κ3) is 2.19. The number of aromatic nitrogens is 1. The summed E-state index contributed by atoms with van der Waals surface area (Å²) in [7, 11) is -3.53. The molecule has 2 atom stereocenters. The molecular formula is C13H17N3O3S. The van der Waals surface area contributed by atoms with Gasteiger partial charge < -0.3 is 4.74 Å². The van der Waals surface area contributed by atoms with Gasteiger partial charge in [0.25, 0.3) is 0 Å². The molecule has 20 heavy (non-hydrogen) atoms. The minimum absolute atomic E-state index is 0.142. The summed E-state index contributed by atoms with van der Waals surface area (Å²) >= 11 is 0. The van der Waals surface area contributed by atoms with E-state index in [4.69, 9.17) is 4.74 Å². The molecule has 1 saturated heterocycles. The van der Waals surface area contributed by atoms with E-state index in [0.29, 0.717) is 6.54 Å². The van der Waals surface area contributed by atoms with E-state index in [1.807, 2.05) is 0 Å². The fourth-order valence-corrected chi connectivity index (χ4v) is 4.31. The molecule has 0 aromatic carbocycles. The quantitative estimate of drug-likeness (QED) is 0.845. The van der Waals surface area contributed by atoms with Crippen LogP contribution in [0.15, 0.2) is 23.2 Å². The van der Waals surface area contributed by atoms with Gasteiger partial charge in [0, 0.05) is 25.8 Å². The number of sulfonamides is 1. The summed E-state index contributed by atoms with van der Waals surface area (Å²) in [6.07, 6.45) is 4.00. The topological polar surface area (TPSA) is 71.5 Å². The van der Waals surface area contributed by atoms with E-state index in [0.717, 1.165) is 19.0 Å². The highest BCUT2D eigenvalue weighted by molar-refractivity contribution is 7.89.